The molecule has 1 saturated heterocycles. The predicted octanol–water partition coefficient (Wildman–Crippen LogP) is 2.24. The van der Waals surface area contributed by atoms with Crippen molar-refractivity contribution in [3.05, 3.63) is 30.2 Å². The fourth-order valence-electron chi connectivity index (χ4n) is 4.92. The number of aliphatic hydroxyl groups is 1. The Morgan fingerprint density at radius 3 is 2.95 bits per heavy atom. The van der Waals surface area contributed by atoms with E-state index in [1.54, 1.807) is 11.1 Å². The second-order valence-corrected chi connectivity index (χ2v) is 9.85. The fourth-order valence-corrected chi connectivity index (χ4v) is 4.92. The van der Waals surface area contributed by atoms with E-state index in [0.717, 1.165) is 12.8 Å². The van der Waals surface area contributed by atoms with Gasteiger partial charge < -0.3 is 34.5 Å². The molecule has 11 nitrogen and oxygen atoms in total. The van der Waals surface area contributed by atoms with E-state index in [4.69, 9.17) is 14.2 Å². The number of piperidine rings is 1. The molecule has 2 atom stereocenters. The third kappa shape index (κ3) is 4.55. The van der Waals surface area contributed by atoms with Crippen molar-refractivity contribution in [1.29, 1.82) is 0 Å². The number of carbonyl (C=O) groups is 2. The van der Waals surface area contributed by atoms with Crippen molar-refractivity contribution in [2.24, 2.45) is 5.92 Å². The maximum atomic E-state index is 13.3. The molecule has 11 heteroatoms. The Morgan fingerprint density at radius 1 is 1.27 bits per heavy atom. The summed E-state index contributed by atoms with van der Waals surface area (Å²) < 4.78 is 17.5. The van der Waals surface area contributed by atoms with Crippen LogP contribution in [-0.4, -0.2) is 75.4 Å². The highest BCUT2D eigenvalue weighted by molar-refractivity contribution is 6.08. The molecule has 1 aliphatic carbocycles. The second kappa shape index (κ2) is 9.55. The molecule has 0 radical (unpaired) electrons. The van der Waals surface area contributed by atoms with E-state index < -0.39 is 6.10 Å². The van der Waals surface area contributed by atoms with Gasteiger partial charge in [0.15, 0.2) is 11.5 Å². The van der Waals surface area contributed by atoms with E-state index >= 15 is 0 Å². The Morgan fingerprint density at radius 2 is 2.14 bits per heavy atom. The summed E-state index contributed by atoms with van der Waals surface area (Å²) in [6.45, 7) is 3.10. The summed E-state index contributed by atoms with van der Waals surface area (Å²) in [6, 6.07) is 3.47. The zero-order valence-corrected chi connectivity index (χ0v) is 20.5. The van der Waals surface area contributed by atoms with E-state index in [2.05, 4.69) is 20.3 Å². The molecule has 6 rings (SSSR count). The molecule has 1 saturated carbocycles. The minimum atomic E-state index is -1.06. The normalized spacial score (nSPS) is 19.6. The van der Waals surface area contributed by atoms with E-state index in [0.29, 0.717) is 70.7 Å². The number of benzene rings is 1. The van der Waals surface area contributed by atoms with E-state index in [9.17, 15) is 14.7 Å². The number of carbonyl (C=O) groups excluding carboxylic acids is 2. The van der Waals surface area contributed by atoms with Crippen LogP contribution in [0.15, 0.2) is 24.7 Å². The molecule has 194 valence electrons. The number of aromatic nitrogens is 3. The number of hydrogen-bond donors (Lipinski definition) is 3. The van der Waals surface area contributed by atoms with Gasteiger partial charge in [0.05, 0.1) is 23.3 Å². The minimum Gasteiger partial charge on any atom is -0.492 e. The predicted molar refractivity (Wildman–Crippen MR) is 132 cm³/mol. The molecule has 2 fully saturated rings. The standard InChI is InChI=1S/C26H29N5O6/c1-14(32)26(34)31-8-2-3-16(10-31)30-25(33)17-9-27-23-21(17)28-12-29-22(23)20-18(35-11-15-4-5-15)6-7-19-24(20)37-13-36-19/h6-7,9,12,14-16,27,32H,2-5,8,10-11,13H2,1H3,(H,30,33)/t14-,16+/m0/s1. The Bertz CT molecular complexity index is 1350. The molecule has 3 aliphatic rings. The van der Waals surface area contributed by atoms with Gasteiger partial charge >= 0.3 is 0 Å². The quantitative estimate of drug-likeness (QED) is 0.443. The van der Waals surface area contributed by atoms with Crippen LogP contribution in [0.4, 0.5) is 0 Å². The second-order valence-electron chi connectivity index (χ2n) is 9.85. The third-order valence-electron chi connectivity index (χ3n) is 7.04. The first-order valence-electron chi connectivity index (χ1n) is 12.6. The van der Waals surface area contributed by atoms with Crippen LogP contribution in [0.1, 0.15) is 43.0 Å². The molecule has 4 heterocycles. The number of likely N-dealkylation sites (tertiary alicyclic amines) is 1. The van der Waals surface area contributed by atoms with Gasteiger partial charge in [-0.3, -0.25) is 9.59 Å². The highest BCUT2D eigenvalue weighted by Crippen LogP contribution is 2.48. The van der Waals surface area contributed by atoms with E-state index in [-0.39, 0.29) is 24.6 Å². The highest BCUT2D eigenvalue weighted by Gasteiger charge is 2.30. The smallest absolute Gasteiger partial charge is 0.255 e. The summed E-state index contributed by atoms with van der Waals surface area (Å²) in [7, 11) is 0. The number of rotatable bonds is 7. The summed E-state index contributed by atoms with van der Waals surface area (Å²) in [5, 5.41) is 12.7. The summed E-state index contributed by atoms with van der Waals surface area (Å²) in [5.74, 6) is 1.75. The average molecular weight is 508 g/mol. The summed E-state index contributed by atoms with van der Waals surface area (Å²) in [6.07, 6.45) is 5.79. The van der Waals surface area contributed by atoms with Gasteiger partial charge in [-0.2, -0.15) is 0 Å². The minimum absolute atomic E-state index is 0.108. The fraction of sp³-hybridized carbons (Fsp3) is 0.462. The van der Waals surface area contributed by atoms with Crippen LogP contribution in [-0.2, 0) is 4.79 Å². The molecule has 2 aliphatic heterocycles. The van der Waals surface area contributed by atoms with Crippen LogP contribution in [0, 0.1) is 5.92 Å². The number of fused-ring (bicyclic) bond motifs is 2. The first-order valence-corrected chi connectivity index (χ1v) is 12.6. The molecule has 3 aromatic rings. The van der Waals surface area contributed by atoms with Crippen molar-refractivity contribution >= 4 is 22.8 Å². The molecule has 0 spiro atoms. The molecule has 2 amide bonds. The summed E-state index contributed by atoms with van der Waals surface area (Å²) in [4.78, 5) is 39.2. The lowest BCUT2D eigenvalue weighted by atomic mass is 10.0. The summed E-state index contributed by atoms with van der Waals surface area (Å²) >= 11 is 0. The Balaban J connectivity index is 1.29. The third-order valence-corrected chi connectivity index (χ3v) is 7.04. The number of H-pyrrole nitrogens is 1. The van der Waals surface area contributed by atoms with Crippen LogP contribution in [0.3, 0.4) is 0 Å². The van der Waals surface area contributed by atoms with Gasteiger partial charge in [0.1, 0.15) is 29.4 Å². The number of ether oxygens (including phenoxy) is 3. The largest absolute Gasteiger partial charge is 0.492 e. The maximum absolute atomic E-state index is 13.3. The molecule has 0 unspecified atom stereocenters. The van der Waals surface area contributed by atoms with Gasteiger partial charge in [0.25, 0.3) is 11.8 Å². The van der Waals surface area contributed by atoms with E-state index in [1.165, 1.54) is 26.1 Å². The lowest BCUT2D eigenvalue weighted by Crippen LogP contribution is -2.51. The SMILES string of the molecule is C[C@H](O)C(=O)N1CCC[C@@H](NC(=O)c2c[nH]c3c(-c4c(OCC5CC5)ccc5c4OCO5)ncnc23)C1. The number of nitrogens with one attached hydrogen (secondary N) is 2. The first kappa shape index (κ1) is 23.5. The molecular formula is C26H29N5O6. The molecule has 37 heavy (non-hydrogen) atoms. The number of aliphatic hydroxyl groups excluding tert-OH is 1. The number of hydrogen-bond acceptors (Lipinski definition) is 8. The lowest BCUT2D eigenvalue weighted by molar-refractivity contribution is -0.140. The van der Waals surface area contributed by atoms with Crippen LogP contribution < -0.4 is 19.5 Å². The van der Waals surface area contributed by atoms with Crippen molar-refractivity contribution in [3.8, 4) is 28.5 Å². The van der Waals surface area contributed by atoms with Crippen LogP contribution in [0.2, 0.25) is 0 Å². The average Bonchev–Trinajstić information content (AvgIpc) is 3.42. The molecule has 3 N–H and O–H groups in total. The Kier molecular flexibility index (Phi) is 6.07. The molecule has 1 aromatic carbocycles. The van der Waals surface area contributed by atoms with Crippen molar-refractivity contribution < 1.29 is 28.9 Å². The van der Waals surface area contributed by atoms with Gasteiger partial charge in [-0.25, -0.2) is 9.97 Å². The molecular weight excluding hydrogens is 478 g/mol. The van der Waals surface area contributed by atoms with Crippen LogP contribution in [0.5, 0.6) is 17.2 Å². The van der Waals surface area contributed by atoms with Crippen molar-refractivity contribution in [2.75, 3.05) is 26.5 Å². The van der Waals surface area contributed by atoms with Crippen LogP contribution >= 0.6 is 0 Å². The van der Waals surface area contributed by atoms with Gasteiger partial charge in [-0.1, -0.05) is 0 Å². The van der Waals surface area contributed by atoms with Gasteiger partial charge in [-0.05, 0) is 50.7 Å². The maximum Gasteiger partial charge on any atom is 0.255 e. The Hall–Kier alpha value is -3.86. The van der Waals surface area contributed by atoms with Crippen molar-refractivity contribution in [3.63, 3.8) is 0 Å². The topological polar surface area (TPSA) is 139 Å². The summed E-state index contributed by atoms with van der Waals surface area (Å²) in [5.41, 5.74) is 2.66. The zero-order chi connectivity index (χ0) is 25.5. The monoisotopic (exact) mass is 507 g/mol. The van der Waals surface area contributed by atoms with Crippen molar-refractivity contribution in [1.82, 2.24) is 25.2 Å². The molecule has 0 bridgehead atoms. The van der Waals surface area contributed by atoms with Gasteiger partial charge in [0.2, 0.25) is 6.79 Å². The number of aromatic amines is 1. The van der Waals surface area contributed by atoms with Crippen molar-refractivity contribution in [2.45, 2.75) is 44.8 Å². The molecule has 2 aromatic heterocycles. The van der Waals surface area contributed by atoms with Gasteiger partial charge in [-0.15, -0.1) is 0 Å². The zero-order valence-electron chi connectivity index (χ0n) is 20.5. The number of amides is 2. The van der Waals surface area contributed by atoms with Crippen LogP contribution in [0.25, 0.3) is 22.3 Å². The lowest BCUT2D eigenvalue weighted by Gasteiger charge is -2.33. The first-order chi connectivity index (χ1) is 18.0. The Labute approximate surface area is 213 Å². The van der Waals surface area contributed by atoms with E-state index in [1.807, 2.05) is 12.1 Å². The highest BCUT2D eigenvalue weighted by atomic mass is 16.7. The number of nitrogens with zero attached hydrogens (tertiary/aromatic N) is 3. The van der Waals surface area contributed by atoms with Gasteiger partial charge in [0, 0.05) is 25.3 Å².